The van der Waals surface area contributed by atoms with E-state index in [0.717, 1.165) is 10.0 Å². The van der Waals surface area contributed by atoms with E-state index < -0.39 is 6.43 Å². The van der Waals surface area contributed by atoms with Gasteiger partial charge in [0.2, 0.25) is 5.91 Å². The van der Waals surface area contributed by atoms with Crippen molar-refractivity contribution in [2.75, 3.05) is 5.32 Å². The van der Waals surface area contributed by atoms with Crippen LogP contribution in [0.1, 0.15) is 23.2 Å². The molecule has 0 unspecified atom stereocenters. The van der Waals surface area contributed by atoms with Crippen LogP contribution in [0.2, 0.25) is 0 Å². The summed E-state index contributed by atoms with van der Waals surface area (Å²) in [4.78, 5) is 17.4. The SMILES string of the molecule is Cc1nn(CC(=O)Nc2cnn(Cc3ccc(Br)cc3)c2)c2nc(-c3ccccc3)cc(C(F)F)c12. The molecule has 3 heterocycles. The zero-order chi connectivity index (χ0) is 25.2. The Morgan fingerprint density at radius 3 is 2.58 bits per heavy atom. The van der Waals surface area contributed by atoms with Crippen LogP contribution in [0.25, 0.3) is 22.3 Å². The number of halogens is 3. The molecule has 1 amide bonds. The number of aryl methyl sites for hydroxylation is 1. The van der Waals surface area contributed by atoms with Gasteiger partial charge < -0.3 is 5.32 Å². The smallest absolute Gasteiger partial charge is 0.264 e. The fraction of sp³-hybridized carbons (Fsp3) is 0.154. The summed E-state index contributed by atoms with van der Waals surface area (Å²) in [6, 6.07) is 18.3. The Kier molecular flexibility index (Phi) is 6.60. The zero-order valence-electron chi connectivity index (χ0n) is 19.2. The summed E-state index contributed by atoms with van der Waals surface area (Å²) in [5.74, 6) is -0.367. The highest BCUT2D eigenvalue weighted by molar-refractivity contribution is 9.10. The van der Waals surface area contributed by atoms with Gasteiger partial charge in [-0.15, -0.1) is 0 Å². The third-order valence-corrected chi connectivity index (χ3v) is 6.21. The molecule has 0 aliphatic rings. The number of hydrogen-bond acceptors (Lipinski definition) is 4. The molecule has 36 heavy (non-hydrogen) atoms. The van der Waals surface area contributed by atoms with Gasteiger partial charge in [-0.05, 0) is 30.7 Å². The Labute approximate surface area is 213 Å². The van der Waals surface area contributed by atoms with Gasteiger partial charge in [-0.1, -0.05) is 58.4 Å². The molecular weight excluding hydrogens is 530 g/mol. The van der Waals surface area contributed by atoms with E-state index in [1.165, 1.54) is 10.7 Å². The molecule has 3 aromatic heterocycles. The monoisotopic (exact) mass is 550 g/mol. The van der Waals surface area contributed by atoms with Crippen LogP contribution >= 0.6 is 15.9 Å². The van der Waals surface area contributed by atoms with E-state index in [4.69, 9.17) is 0 Å². The molecule has 0 atom stereocenters. The van der Waals surface area contributed by atoms with Crippen LogP contribution in [0, 0.1) is 6.92 Å². The second kappa shape index (κ2) is 9.98. The summed E-state index contributed by atoms with van der Waals surface area (Å²) < 4.78 is 32.0. The summed E-state index contributed by atoms with van der Waals surface area (Å²) >= 11 is 3.41. The normalized spacial score (nSPS) is 11.4. The molecule has 0 aliphatic carbocycles. The first-order valence-electron chi connectivity index (χ1n) is 11.2. The first-order chi connectivity index (χ1) is 17.4. The van der Waals surface area contributed by atoms with Crippen molar-refractivity contribution in [1.82, 2.24) is 24.5 Å². The predicted molar refractivity (Wildman–Crippen MR) is 137 cm³/mol. The Morgan fingerprint density at radius 2 is 1.86 bits per heavy atom. The Bertz CT molecular complexity index is 1530. The summed E-state index contributed by atoms with van der Waals surface area (Å²) in [5.41, 5.74) is 3.16. The maximum Gasteiger partial charge on any atom is 0.264 e. The minimum Gasteiger partial charge on any atom is -0.322 e. The van der Waals surface area contributed by atoms with Gasteiger partial charge in [0.05, 0.1) is 35.2 Å². The number of anilines is 1. The van der Waals surface area contributed by atoms with E-state index in [-0.39, 0.29) is 29.0 Å². The maximum absolute atomic E-state index is 14.0. The number of hydrogen-bond donors (Lipinski definition) is 1. The highest BCUT2D eigenvalue weighted by Crippen LogP contribution is 2.33. The molecule has 0 saturated carbocycles. The Hall–Kier alpha value is -3.92. The molecule has 0 bridgehead atoms. The van der Waals surface area contributed by atoms with Crippen molar-refractivity contribution < 1.29 is 13.6 Å². The van der Waals surface area contributed by atoms with Gasteiger partial charge >= 0.3 is 0 Å². The van der Waals surface area contributed by atoms with Crippen molar-refractivity contribution >= 4 is 38.6 Å². The molecule has 2 aromatic carbocycles. The van der Waals surface area contributed by atoms with E-state index in [1.807, 2.05) is 42.5 Å². The number of nitrogens with one attached hydrogen (secondary N) is 1. The molecule has 1 N–H and O–H groups in total. The fourth-order valence-corrected chi connectivity index (χ4v) is 4.32. The highest BCUT2D eigenvalue weighted by Gasteiger charge is 2.22. The average molecular weight is 551 g/mol. The molecule has 0 saturated heterocycles. The number of aromatic nitrogens is 5. The zero-order valence-corrected chi connectivity index (χ0v) is 20.8. The number of amides is 1. The number of alkyl halides is 2. The average Bonchev–Trinajstić information content (AvgIpc) is 3.43. The van der Waals surface area contributed by atoms with Crippen molar-refractivity contribution in [2.24, 2.45) is 0 Å². The minimum absolute atomic E-state index is 0.155. The summed E-state index contributed by atoms with van der Waals surface area (Å²) in [7, 11) is 0. The van der Waals surface area contributed by atoms with Crippen molar-refractivity contribution in [2.45, 2.75) is 26.4 Å². The fourth-order valence-electron chi connectivity index (χ4n) is 4.05. The number of fused-ring (bicyclic) bond motifs is 1. The second-order valence-corrected chi connectivity index (χ2v) is 9.22. The van der Waals surface area contributed by atoms with E-state index in [2.05, 4.69) is 36.4 Å². The lowest BCUT2D eigenvalue weighted by molar-refractivity contribution is -0.116. The van der Waals surface area contributed by atoms with Gasteiger partial charge in [-0.3, -0.25) is 9.48 Å². The van der Waals surface area contributed by atoms with Crippen LogP contribution in [-0.2, 0) is 17.9 Å². The number of nitrogens with zero attached hydrogens (tertiary/aromatic N) is 5. The quantitative estimate of drug-likeness (QED) is 0.270. The lowest BCUT2D eigenvalue weighted by Crippen LogP contribution is -2.19. The van der Waals surface area contributed by atoms with E-state index in [1.54, 1.807) is 36.1 Å². The number of rotatable bonds is 7. The van der Waals surface area contributed by atoms with E-state index >= 15 is 0 Å². The lowest BCUT2D eigenvalue weighted by Gasteiger charge is -2.09. The van der Waals surface area contributed by atoms with Crippen LogP contribution in [0.15, 0.2) is 77.5 Å². The van der Waals surface area contributed by atoms with Crippen molar-refractivity contribution in [3.05, 3.63) is 94.4 Å². The molecule has 0 spiro atoms. The van der Waals surface area contributed by atoms with Crippen molar-refractivity contribution in [3.8, 4) is 11.3 Å². The molecule has 10 heteroatoms. The Balaban J connectivity index is 1.38. The molecule has 5 aromatic rings. The number of benzene rings is 2. The maximum atomic E-state index is 14.0. The molecule has 0 fully saturated rings. The van der Waals surface area contributed by atoms with Gasteiger partial charge in [0.25, 0.3) is 6.43 Å². The lowest BCUT2D eigenvalue weighted by atomic mass is 10.1. The molecule has 5 rings (SSSR count). The number of carbonyl (C=O) groups is 1. The number of carbonyl (C=O) groups excluding carboxylic acids is 1. The van der Waals surface area contributed by atoms with Crippen LogP contribution in [0.4, 0.5) is 14.5 Å². The third kappa shape index (κ3) is 5.03. The van der Waals surface area contributed by atoms with Gasteiger partial charge in [0.1, 0.15) is 6.54 Å². The topological polar surface area (TPSA) is 77.6 Å². The van der Waals surface area contributed by atoms with Gasteiger partial charge in [-0.2, -0.15) is 10.2 Å². The molecule has 0 radical (unpaired) electrons. The predicted octanol–water partition coefficient (Wildman–Crippen LogP) is 5.99. The summed E-state index contributed by atoms with van der Waals surface area (Å²) in [6.07, 6.45) is 0.580. The van der Waals surface area contributed by atoms with E-state index in [0.29, 0.717) is 29.2 Å². The standard InChI is InChI=1S/C26H21BrF2N6O/c1-16-24-21(25(28)29)11-22(18-5-3-2-4-6-18)32-26(24)35(33-16)15-23(36)31-20-12-30-34(14-20)13-17-7-9-19(27)10-8-17/h2-12,14,25H,13,15H2,1H3,(H,31,36). The molecular formula is C26H21BrF2N6O. The van der Waals surface area contributed by atoms with Gasteiger partial charge in [0, 0.05) is 21.8 Å². The van der Waals surface area contributed by atoms with Crippen LogP contribution < -0.4 is 5.32 Å². The highest BCUT2D eigenvalue weighted by atomic mass is 79.9. The van der Waals surface area contributed by atoms with Gasteiger partial charge in [-0.25, -0.2) is 18.4 Å². The van der Waals surface area contributed by atoms with Crippen molar-refractivity contribution in [3.63, 3.8) is 0 Å². The first-order valence-corrected chi connectivity index (χ1v) is 11.9. The van der Waals surface area contributed by atoms with E-state index in [9.17, 15) is 13.6 Å². The van der Waals surface area contributed by atoms with Crippen LogP contribution in [0.3, 0.4) is 0 Å². The molecule has 0 aliphatic heterocycles. The number of pyridine rings is 1. The first kappa shape index (κ1) is 23.8. The molecule has 182 valence electrons. The van der Waals surface area contributed by atoms with Crippen molar-refractivity contribution in [1.29, 1.82) is 0 Å². The van der Waals surface area contributed by atoms with Gasteiger partial charge in [0.15, 0.2) is 5.65 Å². The largest absolute Gasteiger partial charge is 0.322 e. The Morgan fingerprint density at radius 1 is 1.11 bits per heavy atom. The van der Waals surface area contributed by atoms with Crippen LogP contribution in [0.5, 0.6) is 0 Å². The summed E-state index contributed by atoms with van der Waals surface area (Å²) in [5, 5.41) is 11.7. The minimum atomic E-state index is -2.71. The molecule has 7 nitrogen and oxygen atoms in total. The van der Waals surface area contributed by atoms with Crippen LogP contribution in [-0.4, -0.2) is 30.5 Å². The second-order valence-electron chi connectivity index (χ2n) is 8.31. The third-order valence-electron chi connectivity index (χ3n) is 5.68. The summed E-state index contributed by atoms with van der Waals surface area (Å²) in [6.45, 7) is 2.00.